The zero-order valence-corrected chi connectivity index (χ0v) is 12.0. The lowest BCUT2D eigenvalue weighted by atomic mass is 10.0. The van der Waals surface area contributed by atoms with Gasteiger partial charge in [-0.05, 0) is 24.0 Å². The predicted molar refractivity (Wildman–Crippen MR) is 73.9 cm³/mol. The minimum atomic E-state index is -4.69. The summed E-state index contributed by atoms with van der Waals surface area (Å²) in [5.74, 6) is 0.0136. The average Bonchev–Trinajstić information content (AvgIpc) is 3.06. The number of hydrogen-bond acceptors (Lipinski definition) is 4. The van der Waals surface area contributed by atoms with Gasteiger partial charge in [0.2, 0.25) is 0 Å². The molecule has 0 aliphatic carbocycles. The Morgan fingerprint density at radius 1 is 1.26 bits per heavy atom. The number of carbonyl (C=O) groups is 1. The summed E-state index contributed by atoms with van der Waals surface area (Å²) in [5, 5.41) is 14.3. The number of nitrogens with zero attached hydrogens (tertiary/aromatic N) is 2. The van der Waals surface area contributed by atoms with Crippen LogP contribution in [0.2, 0.25) is 0 Å². The number of likely N-dealkylation sites (tertiary alicyclic amines) is 1. The summed E-state index contributed by atoms with van der Waals surface area (Å²) in [5.41, 5.74) is -2.24. The summed E-state index contributed by atoms with van der Waals surface area (Å²) in [6.07, 6.45) is -4.69. The fraction of sp³-hybridized carbons (Fsp3) is 0.500. The monoisotopic (exact) mass is 329 g/mol. The van der Waals surface area contributed by atoms with Crippen LogP contribution < -0.4 is 5.32 Å². The molecule has 0 spiro atoms. The van der Waals surface area contributed by atoms with Crippen LogP contribution in [0.15, 0.2) is 18.2 Å². The number of rotatable bonds is 2. The fourth-order valence-electron chi connectivity index (χ4n) is 3.23. The minimum absolute atomic E-state index is 0.295. The van der Waals surface area contributed by atoms with Gasteiger partial charge in [0.05, 0.1) is 10.5 Å². The van der Waals surface area contributed by atoms with Gasteiger partial charge in [0.1, 0.15) is 5.56 Å². The van der Waals surface area contributed by atoms with Crippen molar-refractivity contribution in [1.29, 1.82) is 0 Å². The van der Waals surface area contributed by atoms with Gasteiger partial charge in [0.25, 0.3) is 11.6 Å². The van der Waals surface area contributed by atoms with Crippen molar-refractivity contribution in [2.24, 2.45) is 11.8 Å². The van der Waals surface area contributed by atoms with E-state index in [9.17, 15) is 28.1 Å². The molecule has 1 aromatic carbocycles. The van der Waals surface area contributed by atoms with Crippen LogP contribution >= 0.6 is 0 Å². The first-order valence-electron chi connectivity index (χ1n) is 7.13. The van der Waals surface area contributed by atoms with E-state index in [2.05, 4.69) is 5.32 Å². The van der Waals surface area contributed by atoms with Crippen LogP contribution in [0.4, 0.5) is 18.9 Å². The number of amides is 1. The predicted octanol–water partition coefficient (Wildman–Crippen LogP) is 1.90. The Morgan fingerprint density at radius 3 is 2.39 bits per heavy atom. The number of halogens is 3. The van der Waals surface area contributed by atoms with Gasteiger partial charge in [-0.2, -0.15) is 13.2 Å². The molecule has 23 heavy (non-hydrogen) atoms. The third-order valence-electron chi connectivity index (χ3n) is 4.43. The molecule has 0 radical (unpaired) electrons. The SMILES string of the molecule is O=C(c1ccc(C(F)(F)F)cc1[N+](=O)[O-])N1C[C@H]2CNC[C@H]2C1. The number of hydrogen-bond donors (Lipinski definition) is 1. The van der Waals surface area contributed by atoms with Crippen molar-refractivity contribution in [3.63, 3.8) is 0 Å². The first-order chi connectivity index (χ1) is 10.8. The molecule has 2 heterocycles. The van der Waals surface area contributed by atoms with Crippen LogP contribution in [0.25, 0.3) is 0 Å². The first kappa shape index (κ1) is 15.7. The van der Waals surface area contributed by atoms with Crippen molar-refractivity contribution in [2.45, 2.75) is 6.18 Å². The highest BCUT2D eigenvalue weighted by Crippen LogP contribution is 2.34. The highest BCUT2D eigenvalue weighted by atomic mass is 19.4. The van der Waals surface area contributed by atoms with Gasteiger partial charge in [0.15, 0.2) is 0 Å². The molecule has 2 aliphatic rings. The van der Waals surface area contributed by atoms with Crippen molar-refractivity contribution >= 4 is 11.6 Å². The van der Waals surface area contributed by atoms with E-state index in [1.165, 1.54) is 4.90 Å². The van der Waals surface area contributed by atoms with Crippen molar-refractivity contribution in [1.82, 2.24) is 10.2 Å². The third kappa shape index (κ3) is 2.88. The quantitative estimate of drug-likeness (QED) is 0.664. The van der Waals surface area contributed by atoms with Crippen molar-refractivity contribution in [3.8, 4) is 0 Å². The van der Waals surface area contributed by atoms with Crippen LogP contribution in [0.5, 0.6) is 0 Å². The Morgan fingerprint density at radius 2 is 1.87 bits per heavy atom. The lowest BCUT2D eigenvalue weighted by Gasteiger charge is -2.18. The normalized spacial score (nSPS) is 23.9. The molecule has 0 aromatic heterocycles. The van der Waals surface area contributed by atoms with E-state index >= 15 is 0 Å². The molecule has 1 aromatic rings. The van der Waals surface area contributed by atoms with Crippen molar-refractivity contribution in [2.75, 3.05) is 26.2 Å². The Hall–Kier alpha value is -2.16. The van der Waals surface area contributed by atoms with Gasteiger partial charge in [-0.15, -0.1) is 0 Å². The molecule has 2 saturated heterocycles. The Labute approximate surface area is 129 Å². The smallest absolute Gasteiger partial charge is 0.338 e. The maximum absolute atomic E-state index is 12.7. The number of benzene rings is 1. The molecule has 0 saturated carbocycles. The van der Waals surface area contributed by atoms with E-state index in [0.717, 1.165) is 19.2 Å². The average molecular weight is 329 g/mol. The second kappa shape index (κ2) is 5.48. The first-order valence-corrected chi connectivity index (χ1v) is 7.13. The standard InChI is InChI=1S/C14H14F3N3O3/c15-14(16,17)10-1-2-11(12(3-10)20(22)23)13(21)19-6-8-4-18-5-9(8)7-19/h1-3,8-9,18H,4-7H2/t8-,9+. The molecule has 0 bridgehead atoms. The summed E-state index contributed by atoms with van der Waals surface area (Å²) in [6.45, 7) is 2.50. The Kier molecular flexibility index (Phi) is 3.75. The van der Waals surface area contributed by atoms with Gasteiger partial charge >= 0.3 is 6.18 Å². The molecule has 2 aliphatic heterocycles. The highest BCUT2D eigenvalue weighted by Gasteiger charge is 2.40. The fourth-order valence-corrected chi connectivity index (χ4v) is 3.23. The molecule has 1 amide bonds. The summed E-state index contributed by atoms with van der Waals surface area (Å²) in [4.78, 5) is 24.1. The second-order valence-corrected chi connectivity index (χ2v) is 5.88. The van der Waals surface area contributed by atoms with Crippen LogP contribution in [0.1, 0.15) is 15.9 Å². The lowest BCUT2D eigenvalue weighted by Crippen LogP contribution is -2.32. The van der Waals surface area contributed by atoms with E-state index in [4.69, 9.17) is 0 Å². The van der Waals surface area contributed by atoms with E-state index in [1.54, 1.807) is 0 Å². The van der Waals surface area contributed by atoms with Gasteiger partial charge < -0.3 is 10.2 Å². The topological polar surface area (TPSA) is 75.5 Å². The van der Waals surface area contributed by atoms with Gasteiger partial charge in [-0.25, -0.2) is 0 Å². The summed E-state index contributed by atoms with van der Waals surface area (Å²) < 4.78 is 38.1. The highest BCUT2D eigenvalue weighted by molar-refractivity contribution is 5.98. The summed E-state index contributed by atoms with van der Waals surface area (Å²) in [7, 11) is 0. The van der Waals surface area contributed by atoms with Crippen LogP contribution in [-0.2, 0) is 6.18 Å². The number of nitrogens with one attached hydrogen (secondary N) is 1. The number of carbonyl (C=O) groups excluding carboxylic acids is 1. The van der Waals surface area contributed by atoms with Crippen LogP contribution in [0.3, 0.4) is 0 Å². The number of fused-ring (bicyclic) bond motifs is 1. The molecule has 1 N–H and O–H groups in total. The van der Waals surface area contributed by atoms with Gasteiger partial charge in [0, 0.05) is 32.2 Å². The van der Waals surface area contributed by atoms with Crippen molar-refractivity contribution < 1.29 is 22.9 Å². The van der Waals surface area contributed by atoms with Gasteiger partial charge in [-0.1, -0.05) is 0 Å². The molecule has 9 heteroatoms. The maximum atomic E-state index is 12.7. The largest absolute Gasteiger partial charge is 0.416 e. The molecule has 124 valence electrons. The second-order valence-electron chi connectivity index (χ2n) is 5.88. The van der Waals surface area contributed by atoms with E-state index < -0.39 is 28.3 Å². The Balaban J connectivity index is 1.90. The number of nitro groups is 1. The van der Waals surface area contributed by atoms with Crippen LogP contribution in [-0.4, -0.2) is 41.9 Å². The molecule has 0 unspecified atom stereocenters. The minimum Gasteiger partial charge on any atom is -0.338 e. The molecule has 2 fully saturated rings. The molecular weight excluding hydrogens is 315 g/mol. The molecule has 3 rings (SSSR count). The van der Waals surface area contributed by atoms with E-state index in [1.807, 2.05) is 0 Å². The number of alkyl halides is 3. The molecular formula is C14H14F3N3O3. The summed E-state index contributed by atoms with van der Waals surface area (Å²) >= 11 is 0. The number of nitro benzene ring substituents is 1. The lowest BCUT2D eigenvalue weighted by molar-refractivity contribution is -0.385. The molecule has 6 nitrogen and oxygen atoms in total. The zero-order chi connectivity index (χ0) is 16.8. The van der Waals surface area contributed by atoms with E-state index in [0.29, 0.717) is 37.1 Å². The van der Waals surface area contributed by atoms with Gasteiger partial charge in [-0.3, -0.25) is 14.9 Å². The maximum Gasteiger partial charge on any atom is 0.416 e. The third-order valence-corrected chi connectivity index (χ3v) is 4.43. The van der Waals surface area contributed by atoms with E-state index in [-0.39, 0.29) is 5.56 Å². The Bertz CT molecular complexity index is 650. The van der Waals surface area contributed by atoms with Crippen molar-refractivity contribution in [3.05, 3.63) is 39.4 Å². The van der Waals surface area contributed by atoms with Crippen LogP contribution in [0, 0.1) is 22.0 Å². The zero-order valence-electron chi connectivity index (χ0n) is 12.0. The molecule has 2 atom stereocenters. The summed E-state index contributed by atoms with van der Waals surface area (Å²) in [6, 6.07) is 2.03.